The molecule has 150 valence electrons. The van der Waals surface area contributed by atoms with Crippen LogP contribution < -0.4 is 15.4 Å². The zero-order chi connectivity index (χ0) is 20.9. The number of carbonyl (C=O) groups is 2. The highest BCUT2D eigenvalue weighted by Crippen LogP contribution is 2.20. The zero-order valence-corrected chi connectivity index (χ0v) is 17.0. The van der Waals surface area contributed by atoms with Gasteiger partial charge in [0.25, 0.3) is 15.9 Å². The van der Waals surface area contributed by atoms with Crippen molar-refractivity contribution in [3.05, 3.63) is 65.7 Å². The molecule has 10 heteroatoms. The van der Waals surface area contributed by atoms with E-state index in [1.807, 2.05) is 0 Å². The number of benzene rings is 2. The minimum absolute atomic E-state index is 0.0571. The summed E-state index contributed by atoms with van der Waals surface area (Å²) in [6.45, 7) is 1.75. The van der Waals surface area contributed by atoms with Gasteiger partial charge in [-0.25, -0.2) is 13.4 Å². The Morgan fingerprint density at radius 1 is 0.966 bits per heavy atom. The number of carbonyl (C=O) groups excluding carboxylic acids is 2. The summed E-state index contributed by atoms with van der Waals surface area (Å²) < 4.78 is 27.0. The second-order valence-corrected chi connectivity index (χ2v) is 8.48. The van der Waals surface area contributed by atoms with Crippen molar-refractivity contribution in [2.45, 2.75) is 18.2 Å². The van der Waals surface area contributed by atoms with Crippen LogP contribution in [0.2, 0.25) is 0 Å². The minimum atomic E-state index is -3.75. The molecule has 0 saturated carbocycles. The Bertz CT molecular complexity index is 1090. The first-order valence-electron chi connectivity index (χ1n) is 8.61. The van der Waals surface area contributed by atoms with Gasteiger partial charge in [0.15, 0.2) is 5.13 Å². The molecule has 0 saturated heterocycles. The van der Waals surface area contributed by atoms with E-state index < -0.39 is 10.0 Å². The highest BCUT2D eigenvalue weighted by molar-refractivity contribution is 7.93. The molecule has 0 bridgehead atoms. The van der Waals surface area contributed by atoms with E-state index in [0.29, 0.717) is 23.4 Å². The van der Waals surface area contributed by atoms with Crippen molar-refractivity contribution in [2.75, 3.05) is 15.4 Å². The van der Waals surface area contributed by atoms with Gasteiger partial charge in [-0.1, -0.05) is 6.92 Å². The van der Waals surface area contributed by atoms with Gasteiger partial charge in [-0.05, 0) is 48.5 Å². The third-order valence-electron chi connectivity index (χ3n) is 3.83. The monoisotopic (exact) mass is 430 g/mol. The summed E-state index contributed by atoms with van der Waals surface area (Å²) in [6, 6.07) is 12.3. The van der Waals surface area contributed by atoms with Crippen molar-refractivity contribution in [3.63, 3.8) is 0 Å². The second kappa shape index (κ2) is 8.84. The van der Waals surface area contributed by atoms with Gasteiger partial charge in [0.1, 0.15) is 0 Å². The number of nitrogens with zero attached hydrogens (tertiary/aromatic N) is 1. The van der Waals surface area contributed by atoms with Gasteiger partial charge in [0.2, 0.25) is 5.91 Å². The van der Waals surface area contributed by atoms with Crippen molar-refractivity contribution in [1.82, 2.24) is 4.98 Å². The first-order chi connectivity index (χ1) is 13.9. The van der Waals surface area contributed by atoms with Gasteiger partial charge in [-0.15, -0.1) is 11.3 Å². The first-order valence-corrected chi connectivity index (χ1v) is 11.0. The fourth-order valence-corrected chi connectivity index (χ4v) is 4.11. The maximum Gasteiger partial charge on any atom is 0.263 e. The third kappa shape index (κ3) is 5.39. The SMILES string of the molecule is CCC(=O)Nc1ccc(C(=O)Nc2ccc(S(=O)(=O)Nc3nccs3)cc2)cc1. The Hall–Kier alpha value is -3.24. The quantitative estimate of drug-likeness (QED) is 0.530. The van der Waals surface area contributed by atoms with E-state index in [0.717, 1.165) is 0 Å². The first kappa shape index (κ1) is 20.5. The number of aromatic nitrogens is 1. The van der Waals surface area contributed by atoms with Crippen LogP contribution in [0.5, 0.6) is 0 Å². The van der Waals surface area contributed by atoms with Gasteiger partial charge in [-0.2, -0.15) is 0 Å². The predicted molar refractivity (Wildman–Crippen MR) is 113 cm³/mol. The predicted octanol–water partition coefficient (Wildman–Crippen LogP) is 3.54. The Kier molecular flexibility index (Phi) is 6.25. The van der Waals surface area contributed by atoms with E-state index in [4.69, 9.17) is 0 Å². The molecule has 8 nitrogen and oxygen atoms in total. The number of nitrogens with one attached hydrogen (secondary N) is 3. The van der Waals surface area contributed by atoms with Gasteiger partial charge in [0, 0.05) is 34.9 Å². The number of sulfonamides is 1. The van der Waals surface area contributed by atoms with E-state index in [2.05, 4.69) is 20.3 Å². The molecule has 0 aliphatic heterocycles. The fourth-order valence-electron chi connectivity index (χ4n) is 2.32. The van der Waals surface area contributed by atoms with E-state index in [9.17, 15) is 18.0 Å². The molecule has 0 aliphatic rings. The Labute approximate surface area is 172 Å². The van der Waals surface area contributed by atoms with Gasteiger partial charge >= 0.3 is 0 Å². The molecule has 0 unspecified atom stereocenters. The Balaban J connectivity index is 1.64. The van der Waals surface area contributed by atoms with E-state index in [-0.39, 0.29) is 21.8 Å². The van der Waals surface area contributed by atoms with Crippen molar-refractivity contribution in [2.24, 2.45) is 0 Å². The second-order valence-electron chi connectivity index (χ2n) is 5.90. The topological polar surface area (TPSA) is 117 Å². The molecule has 3 aromatic rings. The summed E-state index contributed by atoms with van der Waals surface area (Å²) in [5, 5.41) is 7.35. The van der Waals surface area contributed by atoms with Crippen LogP contribution in [0.4, 0.5) is 16.5 Å². The summed E-state index contributed by atoms with van der Waals surface area (Å²) in [5.74, 6) is -0.462. The number of anilines is 3. The molecular formula is C19H18N4O4S2. The Morgan fingerprint density at radius 2 is 1.59 bits per heavy atom. The molecule has 3 rings (SSSR count). The van der Waals surface area contributed by atoms with Crippen LogP contribution in [-0.2, 0) is 14.8 Å². The fraction of sp³-hybridized carbons (Fsp3) is 0.105. The van der Waals surface area contributed by atoms with Crippen LogP contribution in [0.1, 0.15) is 23.7 Å². The number of thiazole rings is 1. The van der Waals surface area contributed by atoms with Crippen molar-refractivity contribution in [1.29, 1.82) is 0 Å². The molecule has 0 spiro atoms. The lowest BCUT2D eigenvalue weighted by Crippen LogP contribution is -2.14. The molecule has 0 fully saturated rings. The lowest BCUT2D eigenvalue weighted by molar-refractivity contribution is -0.115. The van der Waals surface area contributed by atoms with Gasteiger partial charge in [0.05, 0.1) is 4.90 Å². The number of hydrogen-bond acceptors (Lipinski definition) is 6. The van der Waals surface area contributed by atoms with Crippen LogP contribution in [0.3, 0.4) is 0 Å². The van der Waals surface area contributed by atoms with Gasteiger partial charge < -0.3 is 10.6 Å². The summed E-state index contributed by atoms with van der Waals surface area (Å²) in [7, 11) is -3.75. The molecule has 0 radical (unpaired) electrons. The van der Waals surface area contributed by atoms with E-state index in [1.54, 1.807) is 36.6 Å². The van der Waals surface area contributed by atoms with Crippen LogP contribution >= 0.6 is 11.3 Å². The van der Waals surface area contributed by atoms with E-state index in [1.165, 1.54) is 41.8 Å². The Morgan fingerprint density at radius 3 is 2.17 bits per heavy atom. The van der Waals surface area contributed by atoms with Crippen LogP contribution in [0.25, 0.3) is 0 Å². The lowest BCUT2D eigenvalue weighted by atomic mass is 10.2. The molecule has 1 heterocycles. The molecule has 1 aromatic heterocycles. The van der Waals surface area contributed by atoms with Crippen molar-refractivity contribution in [3.8, 4) is 0 Å². The molecule has 2 amide bonds. The smallest absolute Gasteiger partial charge is 0.263 e. The third-order valence-corrected chi connectivity index (χ3v) is 6.00. The minimum Gasteiger partial charge on any atom is -0.326 e. The lowest BCUT2D eigenvalue weighted by Gasteiger charge is -2.09. The highest BCUT2D eigenvalue weighted by Gasteiger charge is 2.15. The molecule has 0 atom stereocenters. The van der Waals surface area contributed by atoms with Crippen LogP contribution in [-0.4, -0.2) is 25.2 Å². The number of hydrogen-bond donors (Lipinski definition) is 3. The maximum atomic E-state index is 12.4. The van der Waals surface area contributed by atoms with Crippen molar-refractivity contribution < 1.29 is 18.0 Å². The summed E-state index contributed by atoms with van der Waals surface area (Å²) >= 11 is 1.18. The average Bonchev–Trinajstić information content (AvgIpc) is 3.21. The van der Waals surface area contributed by atoms with Crippen LogP contribution in [0, 0.1) is 0 Å². The van der Waals surface area contributed by atoms with Crippen LogP contribution in [0.15, 0.2) is 65.0 Å². The summed E-state index contributed by atoms with van der Waals surface area (Å²) in [4.78, 5) is 27.7. The normalized spacial score (nSPS) is 10.9. The summed E-state index contributed by atoms with van der Waals surface area (Å²) in [6.07, 6.45) is 1.87. The molecule has 2 aromatic carbocycles. The summed E-state index contributed by atoms with van der Waals surface area (Å²) in [5.41, 5.74) is 1.46. The highest BCUT2D eigenvalue weighted by atomic mass is 32.2. The molecule has 0 aliphatic carbocycles. The van der Waals surface area contributed by atoms with Crippen molar-refractivity contribution >= 4 is 49.7 Å². The molecular weight excluding hydrogens is 412 g/mol. The number of amides is 2. The van der Waals surface area contributed by atoms with Gasteiger partial charge in [-0.3, -0.25) is 14.3 Å². The zero-order valence-electron chi connectivity index (χ0n) is 15.4. The van der Waals surface area contributed by atoms with E-state index >= 15 is 0 Å². The average molecular weight is 431 g/mol. The largest absolute Gasteiger partial charge is 0.326 e. The maximum absolute atomic E-state index is 12.4. The number of rotatable bonds is 7. The molecule has 29 heavy (non-hydrogen) atoms. The molecule has 3 N–H and O–H groups in total. The standard InChI is InChI=1S/C19H18N4O4S2/c1-2-17(24)21-14-5-3-13(4-6-14)18(25)22-15-7-9-16(10-8-15)29(26,27)23-19-20-11-12-28-19/h3-12H,2H2,1H3,(H,20,23)(H,21,24)(H,22,25).